The molecule has 2 heterocycles. The number of aryl methyl sites for hydroxylation is 1. The van der Waals surface area contributed by atoms with Crippen molar-refractivity contribution in [3.63, 3.8) is 0 Å². The average molecular weight is 454 g/mol. The van der Waals surface area contributed by atoms with Gasteiger partial charge >= 0.3 is 5.69 Å². The molecule has 0 bridgehead atoms. The van der Waals surface area contributed by atoms with Gasteiger partial charge in [0.2, 0.25) is 0 Å². The molecule has 0 unspecified atom stereocenters. The van der Waals surface area contributed by atoms with E-state index >= 15 is 0 Å². The summed E-state index contributed by atoms with van der Waals surface area (Å²) in [5, 5.41) is 3.92. The van der Waals surface area contributed by atoms with Crippen molar-refractivity contribution in [1.82, 2.24) is 14.5 Å². The third-order valence-corrected chi connectivity index (χ3v) is 8.13. The van der Waals surface area contributed by atoms with Crippen LogP contribution in [0.3, 0.4) is 0 Å². The Labute approximate surface area is 185 Å². The van der Waals surface area contributed by atoms with E-state index in [2.05, 4.69) is 5.32 Å². The van der Waals surface area contributed by atoms with Crippen molar-refractivity contribution >= 4 is 21.6 Å². The molecule has 0 saturated heterocycles. The number of alkyl halides is 1. The fourth-order valence-corrected chi connectivity index (χ4v) is 5.97. The first-order valence-electron chi connectivity index (χ1n) is 10.8. The summed E-state index contributed by atoms with van der Waals surface area (Å²) < 4.78 is 27.7. The topological polar surface area (TPSA) is 74.5 Å². The molecule has 2 aromatic heterocycles. The lowest BCUT2D eigenvalue weighted by molar-refractivity contribution is -0.0988. The van der Waals surface area contributed by atoms with E-state index in [-0.39, 0.29) is 23.5 Å². The molecule has 172 valence electrons. The molecule has 2 aliphatic carbocycles. The second-order valence-corrected chi connectivity index (χ2v) is 10.7. The van der Waals surface area contributed by atoms with E-state index in [1.54, 1.807) is 25.7 Å². The van der Waals surface area contributed by atoms with Crippen molar-refractivity contribution < 1.29 is 13.9 Å². The maximum Gasteiger partial charge on any atom is 0.332 e. The molecular formula is C22H32FN3O4S. The molecule has 0 amide bonds. The van der Waals surface area contributed by atoms with Gasteiger partial charge in [-0.2, -0.15) is 0 Å². The molecule has 7 nitrogen and oxygen atoms in total. The van der Waals surface area contributed by atoms with Crippen LogP contribution in [-0.2, 0) is 28.1 Å². The van der Waals surface area contributed by atoms with E-state index in [9.17, 15) is 14.0 Å². The number of fused-ring (bicyclic) bond motifs is 1. The van der Waals surface area contributed by atoms with Crippen LogP contribution in [0.25, 0.3) is 10.2 Å². The number of methoxy groups -OCH3 is 2. The molecule has 0 radical (unpaired) electrons. The van der Waals surface area contributed by atoms with Crippen LogP contribution in [0.5, 0.6) is 0 Å². The highest BCUT2D eigenvalue weighted by Gasteiger charge is 2.44. The van der Waals surface area contributed by atoms with Crippen molar-refractivity contribution in [1.29, 1.82) is 0 Å². The fourth-order valence-electron chi connectivity index (χ4n) is 4.70. The minimum absolute atomic E-state index is 0.113. The number of hydrogen-bond donors (Lipinski definition) is 1. The molecule has 0 aliphatic heterocycles. The van der Waals surface area contributed by atoms with Gasteiger partial charge in [0.15, 0.2) is 6.29 Å². The maximum absolute atomic E-state index is 14.1. The van der Waals surface area contributed by atoms with Crippen molar-refractivity contribution in [3.8, 4) is 0 Å². The van der Waals surface area contributed by atoms with Crippen LogP contribution in [0.2, 0.25) is 0 Å². The van der Waals surface area contributed by atoms with E-state index in [1.807, 2.05) is 13.8 Å². The Kier molecular flexibility index (Phi) is 5.91. The highest BCUT2D eigenvalue weighted by molar-refractivity contribution is 7.18. The van der Waals surface area contributed by atoms with Crippen LogP contribution in [0.15, 0.2) is 9.59 Å². The fraction of sp³-hybridized carbons (Fsp3) is 0.727. The Hall–Kier alpha value is -1.55. The van der Waals surface area contributed by atoms with Crippen molar-refractivity contribution in [2.45, 2.75) is 77.0 Å². The molecule has 0 aromatic carbocycles. The number of ether oxygens (including phenoxy) is 2. The molecule has 0 atom stereocenters. The summed E-state index contributed by atoms with van der Waals surface area (Å²) in [5.41, 5.74) is -1.12. The summed E-state index contributed by atoms with van der Waals surface area (Å²) in [6.45, 7) is 7.03. The van der Waals surface area contributed by atoms with Crippen molar-refractivity contribution in [2.75, 3.05) is 20.8 Å². The van der Waals surface area contributed by atoms with Crippen molar-refractivity contribution in [3.05, 3.63) is 31.3 Å². The molecule has 1 N–H and O–H groups in total. The smallest absolute Gasteiger partial charge is 0.332 e. The standard InChI is InChI=1S/C22H32FN3O4S/c1-13-15(10-24-11-16(29-4)30-5)31-19-17(13)18(27)26(22(3)6-7-22)20(28)25(19)12-14-8-21(2,23)9-14/h14,16,24H,6-12H2,1-5H3. The summed E-state index contributed by atoms with van der Waals surface area (Å²) >= 11 is 1.47. The zero-order valence-corrected chi connectivity index (χ0v) is 19.7. The van der Waals surface area contributed by atoms with Gasteiger partial charge < -0.3 is 14.8 Å². The van der Waals surface area contributed by atoms with E-state index in [4.69, 9.17) is 9.47 Å². The summed E-state index contributed by atoms with van der Waals surface area (Å²) in [4.78, 5) is 28.5. The Morgan fingerprint density at radius 3 is 2.42 bits per heavy atom. The number of thiophene rings is 1. The summed E-state index contributed by atoms with van der Waals surface area (Å²) in [5.74, 6) is 0.113. The third-order valence-electron chi connectivity index (χ3n) is 6.82. The lowest BCUT2D eigenvalue weighted by Gasteiger charge is -2.39. The predicted octanol–water partition coefficient (Wildman–Crippen LogP) is 2.89. The SMILES string of the molecule is COC(CNCc1sc2c(c1C)c(=O)n(C1(C)CC1)c(=O)n2CC1CC(C)(F)C1)OC. The van der Waals surface area contributed by atoms with Gasteiger partial charge in [0.05, 0.1) is 10.9 Å². The van der Waals surface area contributed by atoms with Gasteiger partial charge in [-0.25, -0.2) is 9.18 Å². The molecule has 2 fully saturated rings. The lowest BCUT2D eigenvalue weighted by atomic mass is 9.73. The number of nitrogens with zero attached hydrogens (tertiary/aromatic N) is 2. The van der Waals surface area contributed by atoms with Crippen LogP contribution in [0.4, 0.5) is 4.39 Å². The van der Waals surface area contributed by atoms with Gasteiger partial charge in [0.25, 0.3) is 5.56 Å². The Morgan fingerprint density at radius 1 is 1.23 bits per heavy atom. The first-order chi connectivity index (χ1) is 14.6. The summed E-state index contributed by atoms with van der Waals surface area (Å²) in [6.07, 6.45) is 2.20. The zero-order valence-electron chi connectivity index (χ0n) is 18.9. The number of nitrogens with one attached hydrogen (secondary N) is 1. The van der Waals surface area contributed by atoms with Crippen molar-refractivity contribution in [2.24, 2.45) is 5.92 Å². The second kappa shape index (κ2) is 8.10. The minimum atomic E-state index is -1.15. The van der Waals surface area contributed by atoms with Gasteiger partial charge in [-0.05, 0) is 57.9 Å². The van der Waals surface area contributed by atoms with Gasteiger partial charge in [-0.15, -0.1) is 11.3 Å². The van der Waals surface area contributed by atoms with Gasteiger partial charge in [0.1, 0.15) is 10.5 Å². The largest absolute Gasteiger partial charge is 0.355 e. The van der Waals surface area contributed by atoms with Gasteiger partial charge in [0, 0.05) is 38.7 Å². The normalized spacial score (nSPS) is 24.7. The van der Waals surface area contributed by atoms with Crippen LogP contribution in [0.1, 0.15) is 50.0 Å². The molecule has 2 saturated carbocycles. The van der Waals surface area contributed by atoms with E-state index < -0.39 is 11.2 Å². The van der Waals surface area contributed by atoms with E-state index in [1.165, 1.54) is 15.9 Å². The monoisotopic (exact) mass is 453 g/mol. The van der Waals surface area contributed by atoms with Gasteiger partial charge in [-0.3, -0.25) is 13.9 Å². The summed E-state index contributed by atoms with van der Waals surface area (Å²) in [6, 6.07) is 0. The Bertz CT molecular complexity index is 1090. The Morgan fingerprint density at radius 2 is 1.87 bits per heavy atom. The van der Waals surface area contributed by atoms with Gasteiger partial charge in [-0.1, -0.05) is 0 Å². The van der Waals surface area contributed by atoms with Crippen LogP contribution in [0, 0.1) is 12.8 Å². The lowest BCUT2D eigenvalue weighted by Crippen LogP contribution is -2.47. The van der Waals surface area contributed by atoms with Crippen LogP contribution in [-0.4, -0.2) is 41.9 Å². The maximum atomic E-state index is 14.1. The third kappa shape index (κ3) is 4.13. The zero-order chi connectivity index (χ0) is 22.6. The molecule has 31 heavy (non-hydrogen) atoms. The summed E-state index contributed by atoms with van der Waals surface area (Å²) in [7, 11) is 3.17. The molecule has 0 spiro atoms. The molecule has 9 heteroatoms. The van der Waals surface area contributed by atoms with Crippen LogP contribution < -0.4 is 16.6 Å². The Balaban J connectivity index is 1.74. The highest BCUT2D eigenvalue weighted by Crippen LogP contribution is 2.43. The number of rotatable bonds is 9. The number of halogens is 1. The minimum Gasteiger partial charge on any atom is -0.355 e. The van der Waals surface area contributed by atoms with Crippen LogP contribution >= 0.6 is 11.3 Å². The highest BCUT2D eigenvalue weighted by atomic mass is 32.1. The quantitative estimate of drug-likeness (QED) is 0.591. The average Bonchev–Trinajstić information content (AvgIpc) is 3.33. The predicted molar refractivity (Wildman–Crippen MR) is 120 cm³/mol. The second-order valence-electron chi connectivity index (χ2n) is 9.58. The molecule has 2 aromatic rings. The molecule has 2 aliphatic rings. The molecule has 4 rings (SSSR count). The van der Waals surface area contributed by atoms with E-state index in [0.29, 0.717) is 42.7 Å². The molecular weight excluding hydrogens is 421 g/mol. The number of aromatic nitrogens is 2. The van der Waals surface area contributed by atoms with E-state index in [0.717, 1.165) is 23.3 Å². The first-order valence-corrected chi connectivity index (χ1v) is 11.7. The number of hydrogen-bond acceptors (Lipinski definition) is 6. The first kappa shape index (κ1) is 22.6.